The Hall–Kier alpha value is -2.01. The summed E-state index contributed by atoms with van der Waals surface area (Å²) in [6.45, 7) is 3.89. The summed E-state index contributed by atoms with van der Waals surface area (Å²) in [5.74, 6) is 0. The minimum atomic E-state index is -0.275. The lowest BCUT2D eigenvalue weighted by atomic mass is 10.1. The Morgan fingerprint density at radius 2 is 2.20 bits per heavy atom. The number of hydrogen-bond acceptors (Lipinski definition) is 2. The monoisotopic (exact) mass is 292 g/mol. The molecular formula is C14H17ClN4O. The Bertz CT molecular complexity index is 623. The quantitative estimate of drug-likeness (QED) is 0.912. The zero-order chi connectivity index (χ0) is 14.7. The molecule has 20 heavy (non-hydrogen) atoms. The van der Waals surface area contributed by atoms with E-state index in [1.807, 2.05) is 20.9 Å². The third-order valence-corrected chi connectivity index (χ3v) is 3.40. The lowest BCUT2D eigenvalue weighted by Gasteiger charge is -2.14. The number of aromatic nitrogens is 2. The third kappa shape index (κ3) is 3.30. The minimum absolute atomic E-state index is 0.122. The molecule has 0 fully saturated rings. The van der Waals surface area contributed by atoms with E-state index in [1.165, 1.54) is 0 Å². The molecule has 0 radical (unpaired) electrons. The molecule has 0 aliphatic heterocycles. The molecule has 1 atom stereocenters. The average molecular weight is 293 g/mol. The zero-order valence-electron chi connectivity index (χ0n) is 11.6. The van der Waals surface area contributed by atoms with Crippen molar-refractivity contribution >= 4 is 23.3 Å². The molecule has 1 heterocycles. The molecule has 2 rings (SSSR count). The topological polar surface area (TPSA) is 59.0 Å². The predicted molar refractivity (Wildman–Crippen MR) is 80.0 cm³/mol. The number of nitrogens with one attached hydrogen (secondary N) is 2. The Balaban J connectivity index is 1.99. The van der Waals surface area contributed by atoms with Crippen molar-refractivity contribution in [1.82, 2.24) is 15.1 Å². The molecule has 6 heteroatoms. The SMILES string of the molecule is Cc1c(C(C)NC(=O)Nc2cccc(Cl)c2)cnn1C. The number of halogens is 1. The second-order valence-corrected chi connectivity index (χ2v) is 5.08. The summed E-state index contributed by atoms with van der Waals surface area (Å²) in [5, 5.41) is 10.4. The summed E-state index contributed by atoms with van der Waals surface area (Å²) < 4.78 is 1.78. The molecule has 2 amide bonds. The van der Waals surface area contributed by atoms with Crippen LogP contribution in [0.5, 0.6) is 0 Å². The van der Waals surface area contributed by atoms with Crippen LogP contribution in [0.3, 0.4) is 0 Å². The first-order valence-electron chi connectivity index (χ1n) is 6.29. The second-order valence-electron chi connectivity index (χ2n) is 4.64. The first-order chi connectivity index (χ1) is 9.47. The molecule has 1 aromatic heterocycles. The van der Waals surface area contributed by atoms with Crippen molar-refractivity contribution in [2.24, 2.45) is 7.05 Å². The number of carbonyl (C=O) groups is 1. The highest BCUT2D eigenvalue weighted by atomic mass is 35.5. The van der Waals surface area contributed by atoms with Crippen LogP contribution in [-0.2, 0) is 7.05 Å². The van der Waals surface area contributed by atoms with E-state index < -0.39 is 0 Å². The van der Waals surface area contributed by atoms with Crippen LogP contribution in [0.1, 0.15) is 24.2 Å². The standard InChI is InChI=1S/C14H17ClN4O/c1-9(13-8-16-19(3)10(13)2)17-14(20)18-12-6-4-5-11(15)7-12/h4-9H,1-3H3,(H2,17,18,20). The van der Waals surface area contributed by atoms with Gasteiger partial charge in [0.2, 0.25) is 0 Å². The molecule has 0 saturated heterocycles. The number of carbonyl (C=O) groups excluding carboxylic acids is 1. The average Bonchev–Trinajstić information content (AvgIpc) is 2.69. The van der Waals surface area contributed by atoms with Gasteiger partial charge in [0.15, 0.2) is 0 Å². The molecule has 1 aromatic carbocycles. The minimum Gasteiger partial charge on any atom is -0.331 e. The maximum absolute atomic E-state index is 11.9. The molecular weight excluding hydrogens is 276 g/mol. The van der Waals surface area contributed by atoms with Gasteiger partial charge in [0.05, 0.1) is 12.2 Å². The first-order valence-corrected chi connectivity index (χ1v) is 6.66. The second kappa shape index (κ2) is 5.96. The van der Waals surface area contributed by atoms with Gasteiger partial charge in [-0.2, -0.15) is 5.10 Å². The van der Waals surface area contributed by atoms with E-state index in [9.17, 15) is 4.79 Å². The molecule has 0 spiro atoms. The summed E-state index contributed by atoms with van der Waals surface area (Å²) in [6, 6.07) is 6.62. The van der Waals surface area contributed by atoms with Crippen LogP contribution in [0.25, 0.3) is 0 Å². The predicted octanol–water partition coefficient (Wildman–Crippen LogP) is 3.26. The molecule has 106 valence electrons. The normalized spacial score (nSPS) is 12.0. The van der Waals surface area contributed by atoms with E-state index in [0.29, 0.717) is 10.7 Å². The van der Waals surface area contributed by atoms with Gasteiger partial charge in [-0.25, -0.2) is 4.79 Å². The number of rotatable bonds is 3. The highest BCUT2D eigenvalue weighted by molar-refractivity contribution is 6.30. The van der Waals surface area contributed by atoms with Crippen molar-refractivity contribution in [3.8, 4) is 0 Å². The summed E-state index contributed by atoms with van der Waals surface area (Å²) in [6.07, 6.45) is 1.76. The lowest BCUT2D eigenvalue weighted by molar-refractivity contribution is 0.249. The van der Waals surface area contributed by atoms with Crippen LogP contribution in [0.2, 0.25) is 5.02 Å². The number of hydrogen-bond donors (Lipinski definition) is 2. The van der Waals surface area contributed by atoms with Gasteiger partial charge in [-0.05, 0) is 32.0 Å². The number of anilines is 1. The molecule has 2 N–H and O–H groups in total. The van der Waals surface area contributed by atoms with Gasteiger partial charge in [0.25, 0.3) is 0 Å². The van der Waals surface area contributed by atoms with Gasteiger partial charge in [-0.15, -0.1) is 0 Å². The van der Waals surface area contributed by atoms with Crippen LogP contribution >= 0.6 is 11.6 Å². The fourth-order valence-corrected chi connectivity index (χ4v) is 2.14. The van der Waals surface area contributed by atoms with Gasteiger partial charge in [0, 0.05) is 29.0 Å². The van der Waals surface area contributed by atoms with Gasteiger partial charge in [-0.1, -0.05) is 17.7 Å². The zero-order valence-corrected chi connectivity index (χ0v) is 12.4. The van der Waals surface area contributed by atoms with Crippen LogP contribution in [0.15, 0.2) is 30.5 Å². The maximum atomic E-state index is 11.9. The molecule has 0 saturated carbocycles. The number of aryl methyl sites for hydroxylation is 1. The van der Waals surface area contributed by atoms with Gasteiger partial charge in [-0.3, -0.25) is 4.68 Å². The largest absolute Gasteiger partial charge is 0.331 e. The van der Waals surface area contributed by atoms with Crippen LogP contribution in [0, 0.1) is 6.92 Å². The van der Waals surface area contributed by atoms with E-state index in [1.54, 1.807) is 35.1 Å². The van der Waals surface area contributed by atoms with Gasteiger partial charge < -0.3 is 10.6 Å². The maximum Gasteiger partial charge on any atom is 0.319 e. The summed E-state index contributed by atoms with van der Waals surface area (Å²) in [5.41, 5.74) is 2.68. The number of nitrogens with zero attached hydrogens (tertiary/aromatic N) is 2. The fraction of sp³-hybridized carbons (Fsp3) is 0.286. The first kappa shape index (κ1) is 14.4. The van der Waals surface area contributed by atoms with Crippen molar-refractivity contribution in [3.05, 3.63) is 46.7 Å². The van der Waals surface area contributed by atoms with Crippen molar-refractivity contribution in [3.63, 3.8) is 0 Å². The fourth-order valence-electron chi connectivity index (χ4n) is 1.95. The summed E-state index contributed by atoms with van der Waals surface area (Å²) in [4.78, 5) is 11.9. The number of amides is 2. The molecule has 0 aliphatic rings. The van der Waals surface area contributed by atoms with Crippen molar-refractivity contribution < 1.29 is 4.79 Å². The highest BCUT2D eigenvalue weighted by Gasteiger charge is 2.14. The number of urea groups is 1. The molecule has 0 aliphatic carbocycles. The Kier molecular flexibility index (Phi) is 4.29. The van der Waals surface area contributed by atoms with Gasteiger partial charge in [0.1, 0.15) is 0 Å². The smallest absolute Gasteiger partial charge is 0.319 e. The van der Waals surface area contributed by atoms with Crippen LogP contribution in [0.4, 0.5) is 10.5 Å². The van der Waals surface area contributed by atoms with Gasteiger partial charge >= 0.3 is 6.03 Å². The van der Waals surface area contributed by atoms with E-state index in [0.717, 1.165) is 11.3 Å². The van der Waals surface area contributed by atoms with Crippen molar-refractivity contribution in [2.75, 3.05) is 5.32 Å². The van der Waals surface area contributed by atoms with E-state index in [-0.39, 0.29) is 12.1 Å². The summed E-state index contributed by atoms with van der Waals surface area (Å²) >= 11 is 5.87. The highest BCUT2D eigenvalue weighted by Crippen LogP contribution is 2.17. The molecule has 2 aromatic rings. The van der Waals surface area contributed by atoms with Crippen molar-refractivity contribution in [1.29, 1.82) is 0 Å². The number of benzene rings is 1. The third-order valence-electron chi connectivity index (χ3n) is 3.17. The van der Waals surface area contributed by atoms with Crippen LogP contribution in [-0.4, -0.2) is 15.8 Å². The Morgan fingerprint density at radius 1 is 1.45 bits per heavy atom. The molecule has 5 nitrogen and oxygen atoms in total. The molecule has 1 unspecified atom stereocenters. The van der Waals surface area contributed by atoms with E-state index >= 15 is 0 Å². The molecule has 0 bridgehead atoms. The van der Waals surface area contributed by atoms with E-state index in [4.69, 9.17) is 11.6 Å². The summed E-state index contributed by atoms with van der Waals surface area (Å²) in [7, 11) is 1.87. The Labute approximate surface area is 122 Å². The van der Waals surface area contributed by atoms with E-state index in [2.05, 4.69) is 15.7 Å². The van der Waals surface area contributed by atoms with Crippen molar-refractivity contribution in [2.45, 2.75) is 19.9 Å². The Morgan fingerprint density at radius 3 is 2.80 bits per heavy atom. The van der Waals surface area contributed by atoms with Crippen LogP contribution < -0.4 is 10.6 Å². The lowest BCUT2D eigenvalue weighted by Crippen LogP contribution is -2.31.